The van der Waals surface area contributed by atoms with Crippen LogP contribution in [0.3, 0.4) is 0 Å². The highest BCUT2D eigenvalue weighted by molar-refractivity contribution is 5.21. The lowest BCUT2D eigenvalue weighted by Gasteiger charge is -2.33. The summed E-state index contributed by atoms with van der Waals surface area (Å²) in [4.78, 5) is 0. The van der Waals surface area contributed by atoms with Gasteiger partial charge in [0.2, 0.25) is 0 Å². The first-order valence-electron chi connectivity index (χ1n) is 9.12. The van der Waals surface area contributed by atoms with Gasteiger partial charge in [0.05, 0.1) is 6.07 Å². The minimum absolute atomic E-state index is 0.466. The second-order valence-electron chi connectivity index (χ2n) is 8.06. The van der Waals surface area contributed by atoms with Crippen molar-refractivity contribution in [1.82, 2.24) is 0 Å². The second kappa shape index (κ2) is 7.48. The molecule has 2 rings (SSSR count). The number of allylic oxidation sites excluding steroid dienone is 2. The summed E-state index contributed by atoms with van der Waals surface area (Å²) in [6.45, 7) is 7.41. The summed E-state index contributed by atoms with van der Waals surface area (Å²) in [5.74, 6) is 1.51. The number of rotatable bonds is 2. The van der Waals surface area contributed by atoms with E-state index in [1.165, 1.54) is 57.8 Å². The Morgan fingerprint density at radius 3 is 2.67 bits per heavy atom. The van der Waals surface area contributed by atoms with Crippen LogP contribution >= 0.6 is 0 Å². The summed E-state index contributed by atoms with van der Waals surface area (Å²) in [7, 11) is 0. The second-order valence-corrected chi connectivity index (χ2v) is 8.06. The highest BCUT2D eigenvalue weighted by Gasteiger charge is 2.32. The zero-order valence-electron chi connectivity index (χ0n) is 14.4. The molecule has 0 aromatic rings. The van der Waals surface area contributed by atoms with Gasteiger partial charge in [0.1, 0.15) is 0 Å². The molecule has 2 saturated carbocycles. The van der Waals surface area contributed by atoms with Crippen LogP contribution < -0.4 is 0 Å². The van der Waals surface area contributed by atoms with E-state index in [0.29, 0.717) is 5.41 Å². The van der Waals surface area contributed by atoms with Gasteiger partial charge in [0.25, 0.3) is 0 Å². The molecule has 0 radical (unpaired) electrons. The lowest BCUT2D eigenvalue weighted by Crippen LogP contribution is -2.22. The molecule has 118 valence electrons. The Hall–Kier alpha value is -0.770. The molecule has 0 saturated heterocycles. The van der Waals surface area contributed by atoms with Crippen molar-refractivity contribution in [3.05, 3.63) is 11.1 Å². The molecule has 2 unspecified atom stereocenters. The Morgan fingerprint density at radius 2 is 1.90 bits per heavy atom. The van der Waals surface area contributed by atoms with Crippen molar-refractivity contribution in [2.75, 3.05) is 0 Å². The van der Waals surface area contributed by atoms with Crippen LogP contribution in [0, 0.1) is 28.6 Å². The van der Waals surface area contributed by atoms with Crippen molar-refractivity contribution in [1.29, 1.82) is 5.26 Å². The van der Waals surface area contributed by atoms with Crippen LogP contribution in [0.15, 0.2) is 11.1 Å². The standard InChI is InChI=1S/C20H33N/c1-16-19(12-6-7-13-20(16,2)3)18-11-5-4-9-17(15-18)10-8-14-21/h16-17H,4-13,15H2,1-3H3. The maximum absolute atomic E-state index is 8.87. The molecule has 0 heterocycles. The fourth-order valence-corrected chi connectivity index (χ4v) is 4.41. The maximum atomic E-state index is 8.87. The van der Waals surface area contributed by atoms with Gasteiger partial charge in [-0.05, 0) is 62.2 Å². The monoisotopic (exact) mass is 287 g/mol. The van der Waals surface area contributed by atoms with Gasteiger partial charge in [-0.25, -0.2) is 0 Å². The normalized spacial score (nSPS) is 33.8. The van der Waals surface area contributed by atoms with Gasteiger partial charge in [-0.2, -0.15) is 5.26 Å². The van der Waals surface area contributed by atoms with Crippen molar-refractivity contribution in [3.63, 3.8) is 0 Å². The van der Waals surface area contributed by atoms with Crippen LogP contribution in [-0.2, 0) is 0 Å². The summed E-state index contributed by atoms with van der Waals surface area (Å²) >= 11 is 0. The van der Waals surface area contributed by atoms with Gasteiger partial charge in [0, 0.05) is 6.42 Å². The van der Waals surface area contributed by atoms with E-state index in [9.17, 15) is 0 Å². The van der Waals surface area contributed by atoms with E-state index in [4.69, 9.17) is 5.26 Å². The average molecular weight is 287 g/mol. The Morgan fingerprint density at radius 1 is 1.14 bits per heavy atom. The number of nitriles is 1. The van der Waals surface area contributed by atoms with Crippen LogP contribution in [0.2, 0.25) is 0 Å². The molecule has 1 heteroatoms. The zero-order chi connectivity index (χ0) is 15.3. The molecule has 0 aliphatic heterocycles. The summed E-state index contributed by atoms with van der Waals surface area (Å²) in [6.07, 6.45) is 14.1. The molecular formula is C20H33N. The van der Waals surface area contributed by atoms with Crippen LogP contribution in [0.5, 0.6) is 0 Å². The van der Waals surface area contributed by atoms with Gasteiger partial charge >= 0.3 is 0 Å². The van der Waals surface area contributed by atoms with Gasteiger partial charge < -0.3 is 0 Å². The van der Waals surface area contributed by atoms with Crippen LogP contribution in [0.4, 0.5) is 0 Å². The Balaban J connectivity index is 2.19. The minimum atomic E-state index is 0.466. The number of hydrogen-bond donors (Lipinski definition) is 0. The predicted octanol–water partition coefficient (Wildman–Crippen LogP) is 6.40. The first-order chi connectivity index (χ1) is 10.0. The largest absolute Gasteiger partial charge is 0.198 e. The number of hydrogen-bond acceptors (Lipinski definition) is 1. The van der Waals surface area contributed by atoms with Crippen molar-refractivity contribution < 1.29 is 0 Å². The third-order valence-electron chi connectivity index (χ3n) is 6.21. The van der Waals surface area contributed by atoms with Crippen molar-refractivity contribution in [2.45, 2.75) is 91.4 Å². The van der Waals surface area contributed by atoms with Crippen LogP contribution in [-0.4, -0.2) is 0 Å². The van der Waals surface area contributed by atoms with Crippen LogP contribution in [0.25, 0.3) is 0 Å². The Labute approximate surface area is 131 Å². The highest BCUT2D eigenvalue weighted by Crippen LogP contribution is 2.45. The predicted molar refractivity (Wildman–Crippen MR) is 89.9 cm³/mol. The molecular weight excluding hydrogens is 254 g/mol. The first-order valence-corrected chi connectivity index (χ1v) is 9.12. The lowest BCUT2D eigenvalue weighted by molar-refractivity contribution is 0.247. The highest BCUT2D eigenvalue weighted by atomic mass is 14.4. The third kappa shape index (κ3) is 4.35. The van der Waals surface area contributed by atoms with E-state index in [1.807, 2.05) is 0 Å². The summed E-state index contributed by atoms with van der Waals surface area (Å²) < 4.78 is 0. The van der Waals surface area contributed by atoms with Gasteiger partial charge in [-0.1, -0.05) is 51.2 Å². The molecule has 0 aromatic heterocycles. The maximum Gasteiger partial charge on any atom is 0.0621 e. The van der Waals surface area contributed by atoms with Gasteiger partial charge in [-0.3, -0.25) is 0 Å². The van der Waals surface area contributed by atoms with E-state index in [1.54, 1.807) is 11.1 Å². The third-order valence-corrected chi connectivity index (χ3v) is 6.21. The van der Waals surface area contributed by atoms with Crippen molar-refractivity contribution in [3.8, 4) is 6.07 Å². The quantitative estimate of drug-likeness (QED) is 0.425. The first kappa shape index (κ1) is 16.6. The summed E-state index contributed by atoms with van der Waals surface area (Å²) in [5, 5.41) is 8.87. The van der Waals surface area contributed by atoms with E-state index in [-0.39, 0.29) is 0 Å². The SMILES string of the molecule is CC1C(=C2CCCCC(CCC#N)C2)CCCCC1(C)C. The number of nitrogens with zero attached hydrogens (tertiary/aromatic N) is 1. The molecule has 0 spiro atoms. The van der Waals surface area contributed by atoms with Crippen molar-refractivity contribution in [2.24, 2.45) is 17.3 Å². The molecule has 0 bridgehead atoms. The molecule has 1 nitrogen and oxygen atoms in total. The molecule has 2 aliphatic carbocycles. The van der Waals surface area contributed by atoms with Gasteiger partial charge in [0.15, 0.2) is 0 Å². The summed E-state index contributed by atoms with van der Waals surface area (Å²) in [5.41, 5.74) is 4.06. The van der Waals surface area contributed by atoms with E-state index < -0.39 is 0 Å². The Kier molecular flexibility index (Phi) is 5.91. The average Bonchev–Trinajstić information content (AvgIpc) is 2.76. The minimum Gasteiger partial charge on any atom is -0.198 e. The molecule has 2 atom stereocenters. The molecule has 0 N–H and O–H groups in total. The van der Waals surface area contributed by atoms with E-state index in [2.05, 4.69) is 26.8 Å². The molecule has 2 fully saturated rings. The van der Waals surface area contributed by atoms with E-state index >= 15 is 0 Å². The molecule has 0 amide bonds. The Bertz CT molecular complexity index is 410. The van der Waals surface area contributed by atoms with Crippen LogP contribution in [0.1, 0.15) is 91.4 Å². The fourth-order valence-electron chi connectivity index (χ4n) is 4.41. The summed E-state index contributed by atoms with van der Waals surface area (Å²) in [6, 6.07) is 2.35. The van der Waals surface area contributed by atoms with Crippen molar-refractivity contribution >= 4 is 0 Å². The smallest absolute Gasteiger partial charge is 0.0621 e. The van der Waals surface area contributed by atoms with E-state index in [0.717, 1.165) is 24.7 Å². The fraction of sp³-hybridized carbons (Fsp3) is 0.850. The molecule has 0 aromatic carbocycles. The molecule has 21 heavy (non-hydrogen) atoms. The molecule has 2 aliphatic rings. The van der Waals surface area contributed by atoms with Gasteiger partial charge in [-0.15, -0.1) is 0 Å². The lowest BCUT2D eigenvalue weighted by atomic mass is 9.72. The zero-order valence-corrected chi connectivity index (χ0v) is 14.4. The topological polar surface area (TPSA) is 23.8 Å².